The molecule has 0 aromatic heterocycles. The maximum Gasteiger partial charge on any atom is 0.337 e. The van der Waals surface area contributed by atoms with Gasteiger partial charge in [0.15, 0.2) is 0 Å². The number of aromatic carboxylic acids is 1. The van der Waals surface area contributed by atoms with Gasteiger partial charge >= 0.3 is 5.97 Å². The zero-order chi connectivity index (χ0) is 14.0. The van der Waals surface area contributed by atoms with Gasteiger partial charge in [-0.25, -0.2) is 18.4 Å². The molecule has 0 amide bonds. The fourth-order valence-electron chi connectivity index (χ4n) is 1.96. The zero-order valence-electron chi connectivity index (χ0n) is 10.0. The van der Waals surface area contributed by atoms with Gasteiger partial charge in [0.2, 0.25) is 10.0 Å². The maximum absolute atomic E-state index is 11.2. The van der Waals surface area contributed by atoms with Crippen molar-refractivity contribution in [2.75, 3.05) is 5.32 Å². The first kappa shape index (κ1) is 13.6. The Bertz CT molecular complexity index is 629. The van der Waals surface area contributed by atoms with Crippen molar-refractivity contribution in [3.8, 4) is 0 Å². The average Bonchev–Trinajstić information content (AvgIpc) is 2.80. The number of primary sulfonamides is 1. The molecule has 0 saturated heterocycles. The second kappa shape index (κ2) is 5.02. The molecule has 0 heterocycles. The summed E-state index contributed by atoms with van der Waals surface area (Å²) in [7, 11) is -3.91. The van der Waals surface area contributed by atoms with Gasteiger partial charge in [0.1, 0.15) is 0 Å². The molecule has 7 heteroatoms. The third kappa shape index (κ3) is 3.12. The minimum atomic E-state index is -3.91. The van der Waals surface area contributed by atoms with Gasteiger partial charge in [-0.3, -0.25) is 0 Å². The van der Waals surface area contributed by atoms with Crippen LogP contribution in [0.1, 0.15) is 23.2 Å². The molecule has 6 nitrogen and oxygen atoms in total. The molecule has 1 aromatic rings. The Labute approximate surface area is 111 Å². The molecule has 0 atom stereocenters. The number of rotatable bonds is 4. The van der Waals surface area contributed by atoms with Crippen LogP contribution in [0.3, 0.4) is 0 Å². The van der Waals surface area contributed by atoms with Crippen LogP contribution in [0.4, 0.5) is 5.69 Å². The van der Waals surface area contributed by atoms with Crippen LogP contribution < -0.4 is 10.5 Å². The summed E-state index contributed by atoms with van der Waals surface area (Å²) in [5, 5.41) is 17.2. The number of hydrogen-bond acceptors (Lipinski definition) is 4. The van der Waals surface area contributed by atoms with Crippen molar-refractivity contribution in [3.63, 3.8) is 0 Å². The molecular formula is C12H14N2O4S. The predicted octanol–water partition coefficient (Wildman–Crippen LogP) is 1.16. The summed E-state index contributed by atoms with van der Waals surface area (Å²) in [6.45, 7) is 0. The molecule has 0 fully saturated rings. The van der Waals surface area contributed by atoms with E-state index in [1.807, 2.05) is 12.2 Å². The van der Waals surface area contributed by atoms with Crippen LogP contribution in [-0.4, -0.2) is 25.5 Å². The number of anilines is 1. The molecule has 1 aromatic carbocycles. The summed E-state index contributed by atoms with van der Waals surface area (Å²) in [6, 6.07) is 3.94. The summed E-state index contributed by atoms with van der Waals surface area (Å²) in [5.74, 6) is -1.20. The smallest absolute Gasteiger partial charge is 0.337 e. The largest absolute Gasteiger partial charge is 0.478 e. The van der Waals surface area contributed by atoms with Crippen LogP contribution in [0.5, 0.6) is 0 Å². The van der Waals surface area contributed by atoms with Gasteiger partial charge < -0.3 is 10.4 Å². The lowest BCUT2D eigenvalue weighted by Crippen LogP contribution is -2.19. The Morgan fingerprint density at radius 3 is 2.47 bits per heavy atom. The van der Waals surface area contributed by atoms with E-state index in [0.29, 0.717) is 5.69 Å². The highest BCUT2D eigenvalue weighted by Crippen LogP contribution is 2.23. The molecule has 0 aliphatic heterocycles. The SMILES string of the molecule is NS(=O)(=O)c1ccc(NC2CC=CC2)c(C(=O)O)c1. The highest BCUT2D eigenvalue weighted by molar-refractivity contribution is 7.89. The van der Waals surface area contributed by atoms with Crippen molar-refractivity contribution in [3.05, 3.63) is 35.9 Å². The summed E-state index contributed by atoms with van der Waals surface area (Å²) in [5.41, 5.74) is 0.298. The molecule has 4 N–H and O–H groups in total. The van der Waals surface area contributed by atoms with Gasteiger partial charge in [-0.1, -0.05) is 12.2 Å². The molecule has 0 spiro atoms. The number of benzene rings is 1. The van der Waals surface area contributed by atoms with Gasteiger partial charge in [-0.05, 0) is 31.0 Å². The van der Waals surface area contributed by atoms with E-state index < -0.39 is 16.0 Å². The molecule has 1 aliphatic rings. The quantitative estimate of drug-likeness (QED) is 0.718. The summed E-state index contributed by atoms with van der Waals surface area (Å²) < 4.78 is 22.4. The lowest BCUT2D eigenvalue weighted by molar-refractivity contribution is 0.0697. The number of nitrogens with one attached hydrogen (secondary N) is 1. The second-order valence-electron chi connectivity index (χ2n) is 4.34. The Kier molecular flexibility index (Phi) is 3.59. The Hall–Kier alpha value is -1.86. The summed E-state index contributed by atoms with van der Waals surface area (Å²) in [6.07, 6.45) is 5.65. The van der Waals surface area contributed by atoms with Crippen LogP contribution in [0.15, 0.2) is 35.2 Å². The van der Waals surface area contributed by atoms with Crippen molar-refractivity contribution >= 4 is 21.7 Å². The summed E-state index contributed by atoms with van der Waals surface area (Å²) >= 11 is 0. The summed E-state index contributed by atoms with van der Waals surface area (Å²) in [4.78, 5) is 11.0. The van der Waals surface area contributed by atoms with Gasteiger partial charge in [0, 0.05) is 11.7 Å². The van der Waals surface area contributed by atoms with Crippen molar-refractivity contribution in [1.82, 2.24) is 0 Å². The van der Waals surface area contributed by atoms with Crippen molar-refractivity contribution in [2.45, 2.75) is 23.8 Å². The fraction of sp³-hybridized carbons (Fsp3) is 0.250. The van der Waals surface area contributed by atoms with Gasteiger partial charge in [0.25, 0.3) is 0 Å². The number of hydrogen-bond donors (Lipinski definition) is 3. The van der Waals surface area contributed by atoms with E-state index in [1.165, 1.54) is 12.1 Å². The van der Waals surface area contributed by atoms with Crippen molar-refractivity contribution < 1.29 is 18.3 Å². The molecule has 0 unspecified atom stereocenters. The molecule has 0 saturated carbocycles. The number of sulfonamides is 1. The molecular weight excluding hydrogens is 268 g/mol. The Morgan fingerprint density at radius 1 is 1.32 bits per heavy atom. The van der Waals surface area contributed by atoms with Crippen LogP contribution >= 0.6 is 0 Å². The van der Waals surface area contributed by atoms with E-state index in [2.05, 4.69) is 5.32 Å². The number of carboxylic acid groups (broad SMARTS) is 1. The molecule has 0 bridgehead atoms. The van der Waals surface area contributed by atoms with Gasteiger partial charge in [-0.2, -0.15) is 0 Å². The zero-order valence-corrected chi connectivity index (χ0v) is 10.9. The second-order valence-corrected chi connectivity index (χ2v) is 5.90. The van der Waals surface area contributed by atoms with Crippen molar-refractivity contribution in [1.29, 1.82) is 0 Å². The van der Waals surface area contributed by atoms with Crippen LogP contribution in [-0.2, 0) is 10.0 Å². The van der Waals surface area contributed by atoms with E-state index in [0.717, 1.165) is 18.9 Å². The minimum absolute atomic E-state index is 0.0987. The van der Waals surface area contributed by atoms with Crippen LogP contribution in [0.25, 0.3) is 0 Å². The third-order valence-electron chi connectivity index (χ3n) is 2.92. The van der Waals surface area contributed by atoms with E-state index in [9.17, 15) is 13.2 Å². The average molecular weight is 282 g/mol. The monoisotopic (exact) mass is 282 g/mol. The number of carboxylic acids is 1. The standard InChI is InChI=1S/C12H14N2O4S/c13-19(17,18)9-5-6-11(10(7-9)12(15)16)14-8-3-1-2-4-8/h1-2,5-8,14H,3-4H2,(H,15,16)(H2,13,17,18). The highest BCUT2D eigenvalue weighted by atomic mass is 32.2. The third-order valence-corrected chi connectivity index (χ3v) is 3.83. The van der Waals surface area contributed by atoms with Gasteiger partial charge in [-0.15, -0.1) is 0 Å². The molecule has 0 radical (unpaired) electrons. The Balaban J connectivity index is 2.35. The lowest BCUT2D eigenvalue weighted by Gasteiger charge is -2.16. The minimum Gasteiger partial charge on any atom is -0.478 e. The first-order valence-electron chi connectivity index (χ1n) is 5.69. The van der Waals surface area contributed by atoms with Crippen LogP contribution in [0.2, 0.25) is 0 Å². The first-order chi connectivity index (χ1) is 8.88. The first-order valence-corrected chi connectivity index (χ1v) is 7.24. The maximum atomic E-state index is 11.2. The topological polar surface area (TPSA) is 109 Å². The lowest BCUT2D eigenvalue weighted by atomic mass is 10.1. The van der Waals surface area contributed by atoms with E-state index in [4.69, 9.17) is 10.2 Å². The highest BCUT2D eigenvalue weighted by Gasteiger charge is 2.18. The molecule has 2 rings (SSSR count). The van der Waals surface area contributed by atoms with Crippen molar-refractivity contribution in [2.24, 2.45) is 5.14 Å². The normalized spacial score (nSPS) is 15.6. The number of nitrogens with two attached hydrogens (primary N) is 1. The Morgan fingerprint density at radius 2 is 1.95 bits per heavy atom. The van der Waals surface area contributed by atoms with E-state index >= 15 is 0 Å². The van der Waals surface area contributed by atoms with Crippen LogP contribution in [0, 0.1) is 0 Å². The molecule has 1 aliphatic carbocycles. The fourth-order valence-corrected chi connectivity index (χ4v) is 2.50. The predicted molar refractivity (Wildman–Crippen MR) is 70.6 cm³/mol. The van der Waals surface area contributed by atoms with Gasteiger partial charge in [0.05, 0.1) is 10.5 Å². The molecule has 102 valence electrons. The number of carbonyl (C=O) groups is 1. The van der Waals surface area contributed by atoms with E-state index in [1.54, 1.807) is 0 Å². The molecule has 19 heavy (non-hydrogen) atoms. The van der Waals surface area contributed by atoms with E-state index in [-0.39, 0.29) is 16.5 Å².